The maximum absolute atomic E-state index is 13.3. The number of benzene rings is 3. The number of hydrogen-bond acceptors (Lipinski definition) is 14. The van der Waals surface area contributed by atoms with Gasteiger partial charge in [-0.25, -0.2) is 0 Å². The highest BCUT2D eigenvalue weighted by Crippen LogP contribution is 2.55. The molecule has 1 atom stereocenters. The number of fused-ring (bicyclic) bond motifs is 1. The van der Waals surface area contributed by atoms with Crippen molar-refractivity contribution in [2.45, 2.75) is 58.7 Å². The second-order valence-corrected chi connectivity index (χ2v) is 16.5. The second kappa shape index (κ2) is 21.0. The van der Waals surface area contributed by atoms with E-state index in [1.807, 2.05) is 0 Å². The zero-order valence-corrected chi connectivity index (χ0v) is 36.0. The predicted octanol–water partition coefficient (Wildman–Crippen LogP) is 4.46. The van der Waals surface area contributed by atoms with Gasteiger partial charge in [0.2, 0.25) is 5.91 Å². The Bertz CT molecular complexity index is 2300. The molecule has 0 radical (unpaired) electrons. The van der Waals surface area contributed by atoms with Gasteiger partial charge in [0.15, 0.2) is 0 Å². The van der Waals surface area contributed by atoms with Crippen molar-refractivity contribution in [2.24, 2.45) is 10.8 Å². The normalized spacial score (nSPS) is 18.9. The van der Waals surface area contributed by atoms with E-state index in [0.717, 1.165) is 4.68 Å². The Morgan fingerprint density at radius 2 is 1.50 bits per heavy atom. The highest BCUT2D eigenvalue weighted by atomic mass is 35.5. The Kier molecular flexibility index (Phi) is 15.5. The van der Waals surface area contributed by atoms with Crippen LogP contribution in [0.1, 0.15) is 62.5 Å². The van der Waals surface area contributed by atoms with Gasteiger partial charge >= 0.3 is 0 Å². The van der Waals surface area contributed by atoms with Crippen molar-refractivity contribution in [3.8, 4) is 17.6 Å². The van der Waals surface area contributed by atoms with Gasteiger partial charge in [-0.3, -0.25) is 24.5 Å². The SMILES string of the molecule is CC1(C)[C@H](NC(=O)c2ccc(OCCOCCOCCOCCOCCNc3cccc4nnn(C5CCC(=O)NC5=O)c(=O)c34)cc2)C(C)(C)[C@H]1Oc1ccc(C#N)c(Cl)c1. The molecule has 0 bridgehead atoms. The number of nitriles is 1. The van der Waals surface area contributed by atoms with Crippen LogP contribution in [0.3, 0.4) is 0 Å². The van der Waals surface area contributed by atoms with Crippen LogP contribution in [0, 0.1) is 22.2 Å². The highest BCUT2D eigenvalue weighted by molar-refractivity contribution is 6.31. The molecule has 2 aliphatic rings. The Balaban J connectivity index is 0.780. The summed E-state index contributed by atoms with van der Waals surface area (Å²) in [4.78, 5) is 50.4. The molecule has 1 aliphatic carbocycles. The monoisotopic (exact) mass is 873 g/mol. The fourth-order valence-corrected chi connectivity index (χ4v) is 8.33. The number of amides is 3. The van der Waals surface area contributed by atoms with Crippen molar-refractivity contribution >= 4 is 45.9 Å². The third-order valence-electron chi connectivity index (χ3n) is 10.9. The summed E-state index contributed by atoms with van der Waals surface area (Å²) in [5.41, 5.74) is 0.612. The second-order valence-electron chi connectivity index (χ2n) is 16.1. The summed E-state index contributed by atoms with van der Waals surface area (Å²) >= 11 is 6.21. The van der Waals surface area contributed by atoms with Gasteiger partial charge in [0.25, 0.3) is 17.4 Å². The topological polar surface area (TPSA) is 214 Å². The molecule has 18 heteroatoms. The lowest BCUT2D eigenvalue weighted by molar-refractivity contribution is -0.164. The summed E-state index contributed by atoms with van der Waals surface area (Å²) in [6.07, 6.45) is 0.0951. The van der Waals surface area contributed by atoms with Crippen molar-refractivity contribution < 1.29 is 42.8 Å². The van der Waals surface area contributed by atoms with E-state index < -0.39 is 17.5 Å². The molecule has 6 rings (SSSR count). The lowest BCUT2D eigenvalue weighted by atomic mass is 9.49. The minimum atomic E-state index is -0.901. The molecule has 4 aromatic rings. The molecule has 3 aromatic carbocycles. The van der Waals surface area contributed by atoms with Crippen molar-refractivity contribution in [3.63, 3.8) is 0 Å². The first-order valence-electron chi connectivity index (χ1n) is 20.5. The molecule has 3 amide bonds. The third-order valence-corrected chi connectivity index (χ3v) is 11.3. The van der Waals surface area contributed by atoms with Crippen LogP contribution in [-0.4, -0.2) is 111 Å². The first kappa shape index (κ1) is 45.9. The molecule has 1 unspecified atom stereocenters. The average Bonchev–Trinajstić information content (AvgIpc) is 3.25. The van der Waals surface area contributed by atoms with E-state index in [-0.39, 0.29) is 47.6 Å². The summed E-state index contributed by atoms with van der Waals surface area (Å²) in [5, 5.41) is 26.5. The maximum Gasteiger partial charge on any atom is 0.280 e. The minimum absolute atomic E-state index is 0.119. The number of ether oxygens (including phenoxy) is 6. The van der Waals surface area contributed by atoms with Crippen molar-refractivity contribution in [1.82, 2.24) is 25.6 Å². The number of halogens is 1. The molecule has 1 aliphatic heterocycles. The van der Waals surface area contributed by atoms with Gasteiger partial charge in [-0.05, 0) is 55.0 Å². The zero-order valence-electron chi connectivity index (χ0n) is 35.2. The molecule has 62 heavy (non-hydrogen) atoms. The summed E-state index contributed by atoms with van der Waals surface area (Å²) in [5.74, 6) is 0.0653. The van der Waals surface area contributed by atoms with Crippen LogP contribution in [0.4, 0.5) is 5.69 Å². The van der Waals surface area contributed by atoms with E-state index in [4.69, 9.17) is 40.0 Å². The van der Waals surface area contributed by atoms with E-state index >= 15 is 0 Å². The van der Waals surface area contributed by atoms with E-state index in [2.05, 4.69) is 60.0 Å². The highest BCUT2D eigenvalue weighted by Gasteiger charge is 2.64. The lowest BCUT2D eigenvalue weighted by Crippen LogP contribution is -2.74. The molecule has 1 saturated carbocycles. The van der Waals surface area contributed by atoms with Gasteiger partial charge < -0.3 is 39.1 Å². The quantitative estimate of drug-likeness (QED) is 0.0735. The van der Waals surface area contributed by atoms with Crippen LogP contribution in [-0.2, 0) is 28.5 Å². The average molecular weight is 874 g/mol. The largest absolute Gasteiger partial charge is 0.491 e. The molecular formula is C44H52ClN7O10. The van der Waals surface area contributed by atoms with Crippen LogP contribution < -0.4 is 31.0 Å². The number of anilines is 1. The van der Waals surface area contributed by atoms with E-state index in [0.29, 0.717) is 110 Å². The van der Waals surface area contributed by atoms with Gasteiger partial charge in [-0.1, -0.05) is 50.6 Å². The number of carbonyl (C=O) groups is 3. The van der Waals surface area contributed by atoms with Crippen LogP contribution in [0.15, 0.2) is 65.5 Å². The summed E-state index contributed by atoms with van der Waals surface area (Å²) in [6.45, 7) is 12.1. The fourth-order valence-electron chi connectivity index (χ4n) is 8.12. The number of rotatable bonds is 22. The number of carbonyl (C=O) groups excluding carboxylic acids is 3. The maximum atomic E-state index is 13.3. The number of piperidine rings is 1. The Labute approximate surface area is 364 Å². The molecule has 2 fully saturated rings. The number of hydrogen-bond donors (Lipinski definition) is 3. The summed E-state index contributed by atoms with van der Waals surface area (Å²) in [7, 11) is 0. The minimum Gasteiger partial charge on any atom is -0.491 e. The van der Waals surface area contributed by atoms with Gasteiger partial charge in [0.1, 0.15) is 41.8 Å². The standard InChI is InChI=1S/C44H52ClN7O10/c1-43(2)41(44(3,4)42(43)62-31-13-10-29(27-46)32(45)26-31)49-38(54)28-8-11-30(12-9-28)61-25-24-60-23-22-59-21-20-58-19-18-57-17-16-47-33-6-5-7-34-37(33)40(56)52(51-50-34)35-14-15-36(53)48-39(35)55/h5-13,26,35,41-42,47H,14-25H2,1-4H3,(H,49,54)(H,48,53,55)/t35?,41-,42-. The van der Waals surface area contributed by atoms with Crippen LogP contribution in [0.25, 0.3) is 10.9 Å². The third kappa shape index (κ3) is 11.0. The first-order valence-corrected chi connectivity index (χ1v) is 20.9. The first-order chi connectivity index (χ1) is 29.8. The summed E-state index contributed by atoms with van der Waals surface area (Å²) < 4.78 is 35.5. The Hall–Kier alpha value is -5.64. The van der Waals surface area contributed by atoms with Crippen molar-refractivity contribution in [1.29, 1.82) is 5.26 Å². The molecule has 17 nitrogen and oxygen atoms in total. The van der Waals surface area contributed by atoms with Gasteiger partial charge in [0, 0.05) is 47.2 Å². The molecule has 1 saturated heterocycles. The van der Waals surface area contributed by atoms with Crippen molar-refractivity contribution in [3.05, 3.63) is 87.2 Å². The Morgan fingerprint density at radius 3 is 2.13 bits per heavy atom. The molecular weight excluding hydrogens is 822 g/mol. The smallest absolute Gasteiger partial charge is 0.280 e. The number of nitrogens with one attached hydrogen (secondary N) is 3. The fraction of sp³-hybridized carbons (Fsp3) is 0.477. The molecule has 1 aromatic heterocycles. The van der Waals surface area contributed by atoms with Gasteiger partial charge in [0.05, 0.1) is 68.8 Å². The van der Waals surface area contributed by atoms with Crippen LogP contribution in [0.5, 0.6) is 11.5 Å². The van der Waals surface area contributed by atoms with E-state index in [1.54, 1.807) is 60.7 Å². The van der Waals surface area contributed by atoms with Crippen LogP contribution in [0.2, 0.25) is 5.02 Å². The van der Waals surface area contributed by atoms with Crippen LogP contribution >= 0.6 is 11.6 Å². The lowest BCUT2D eigenvalue weighted by Gasteiger charge is -2.63. The summed E-state index contributed by atoms with van der Waals surface area (Å²) in [6, 6.07) is 18.2. The molecule has 2 heterocycles. The Morgan fingerprint density at radius 1 is 0.871 bits per heavy atom. The number of imide groups is 1. The predicted molar refractivity (Wildman–Crippen MR) is 228 cm³/mol. The van der Waals surface area contributed by atoms with Gasteiger partial charge in [-0.15, -0.1) is 5.10 Å². The van der Waals surface area contributed by atoms with Crippen molar-refractivity contribution in [2.75, 3.05) is 71.3 Å². The number of nitrogens with zero attached hydrogens (tertiary/aromatic N) is 4. The van der Waals surface area contributed by atoms with Gasteiger partial charge in [-0.2, -0.15) is 9.94 Å². The molecule has 330 valence electrons. The molecule has 3 N–H and O–H groups in total. The number of aromatic nitrogens is 3. The van der Waals surface area contributed by atoms with E-state index in [1.165, 1.54) is 0 Å². The van der Waals surface area contributed by atoms with E-state index in [9.17, 15) is 24.4 Å². The molecule has 0 spiro atoms. The zero-order chi connectivity index (χ0) is 44.3.